The zero-order valence-corrected chi connectivity index (χ0v) is 16.5. The van der Waals surface area contributed by atoms with Crippen molar-refractivity contribution in [2.45, 2.75) is 53.4 Å². The first kappa shape index (κ1) is 17.7. The summed E-state index contributed by atoms with van der Waals surface area (Å²) in [5.74, 6) is 0. The van der Waals surface area contributed by atoms with Crippen molar-refractivity contribution in [3.8, 4) is 0 Å². The first-order chi connectivity index (χ1) is 11.8. The van der Waals surface area contributed by atoms with Crippen LogP contribution < -0.4 is 0 Å². The summed E-state index contributed by atoms with van der Waals surface area (Å²) in [6.07, 6.45) is 1.07. The second-order valence-corrected chi connectivity index (χ2v) is 8.42. The van der Waals surface area contributed by atoms with Crippen molar-refractivity contribution in [3.63, 3.8) is 0 Å². The highest BCUT2D eigenvalue weighted by Crippen LogP contribution is 2.56. The van der Waals surface area contributed by atoms with Gasteiger partial charge in [0.15, 0.2) is 0 Å². The Hall–Kier alpha value is -2.08. The van der Waals surface area contributed by atoms with E-state index in [0.717, 1.165) is 6.42 Å². The fourth-order valence-corrected chi connectivity index (χ4v) is 4.70. The van der Waals surface area contributed by atoms with Crippen molar-refractivity contribution in [1.29, 1.82) is 0 Å². The first-order valence-electron chi connectivity index (χ1n) is 9.28. The summed E-state index contributed by atoms with van der Waals surface area (Å²) in [5.41, 5.74) is 8.72. The molecule has 3 rings (SSSR count). The van der Waals surface area contributed by atoms with Gasteiger partial charge in [0.1, 0.15) is 0 Å². The number of allylic oxidation sites excluding steroid dienone is 4. The SMILES string of the molecule is CC1=C(C)C(C)=C(C(c2ccccc2)(c2ccccc2)C(C)(C)C)C1. The Bertz CT molecular complexity index is 772. The van der Waals surface area contributed by atoms with Crippen LogP contribution in [0.4, 0.5) is 0 Å². The molecular formula is C25H30. The lowest BCUT2D eigenvalue weighted by Crippen LogP contribution is -2.43. The zero-order valence-electron chi connectivity index (χ0n) is 16.5. The lowest BCUT2D eigenvalue weighted by atomic mass is 9.54. The Kier molecular flexibility index (Phi) is 4.49. The molecule has 0 heterocycles. The number of hydrogen-bond acceptors (Lipinski definition) is 0. The maximum atomic E-state index is 2.39. The summed E-state index contributed by atoms with van der Waals surface area (Å²) in [4.78, 5) is 0. The van der Waals surface area contributed by atoms with Gasteiger partial charge >= 0.3 is 0 Å². The Morgan fingerprint density at radius 2 is 1.08 bits per heavy atom. The Morgan fingerprint density at radius 3 is 1.40 bits per heavy atom. The van der Waals surface area contributed by atoms with Gasteiger partial charge in [-0.25, -0.2) is 0 Å². The van der Waals surface area contributed by atoms with E-state index < -0.39 is 0 Å². The molecule has 2 aromatic rings. The maximum Gasteiger partial charge on any atom is 0.0468 e. The first-order valence-corrected chi connectivity index (χ1v) is 9.28. The summed E-state index contributed by atoms with van der Waals surface area (Å²) in [6, 6.07) is 22.2. The van der Waals surface area contributed by atoms with E-state index in [1.54, 1.807) is 5.57 Å². The van der Waals surface area contributed by atoms with Crippen LogP contribution in [0.15, 0.2) is 83.0 Å². The summed E-state index contributed by atoms with van der Waals surface area (Å²) in [5, 5.41) is 0. The van der Waals surface area contributed by atoms with Crippen molar-refractivity contribution in [3.05, 3.63) is 94.1 Å². The van der Waals surface area contributed by atoms with Crippen LogP contribution in [0, 0.1) is 5.41 Å². The molecule has 0 saturated heterocycles. The van der Waals surface area contributed by atoms with Gasteiger partial charge in [-0.05, 0) is 60.5 Å². The van der Waals surface area contributed by atoms with Gasteiger partial charge in [-0.1, -0.05) is 87.0 Å². The Morgan fingerprint density at radius 1 is 0.640 bits per heavy atom. The highest BCUT2D eigenvalue weighted by molar-refractivity contribution is 5.59. The van der Waals surface area contributed by atoms with Crippen LogP contribution in [0.25, 0.3) is 0 Å². The third kappa shape index (κ3) is 2.68. The highest BCUT2D eigenvalue weighted by Gasteiger charge is 2.49. The molecule has 0 radical (unpaired) electrons. The third-order valence-corrected chi connectivity index (χ3v) is 6.09. The van der Waals surface area contributed by atoms with Crippen LogP contribution in [0.2, 0.25) is 0 Å². The van der Waals surface area contributed by atoms with E-state index in [0.29, 0.717) is 0 Å². The van der Waals surface area contributed by atoms with Gasteiger partial charge in [-0.3, -0.25) is 0 Å². The molecule has 1 aliphatic carbocycles. The quantitative estimate of drug-likeness (QED) is 0.564. The van der Waals surface area contributed by atoms with E-state index in [9.17, 15) is 0 Å². The molecule has 0 heteroatoms. The molecule has 0 nitrogen and oxygen atoms in total. The van der Waals surface area contributed by atoms with Gasteiger partial charge in [-0.15, -0.1) is 0 Å². The van der Waals surface area contributed by atoms with Crippen molar-refractivity contribution in [2.75, 3.05) is 0 Å². The molecule has 0 bridgehead atoms. The molecule has 0 fully saturated rings. The van der Waals surface area contributed by atoms with Crippen molar-refractivity contribution >= 4 is 0 Å². The minimum Gasteiger partial charge on any atom is -0.0660 e. The largest absolute Gasteiger partial charge is 0.0660 e. The molecule has 1 aliphatic rings. The van der Waals surface area contributed by atoms with Crippen LogP contribution in [-0.2, 0) is 5.41 Å². The Labute approximate surface area is 153 Å². The summed E-state index contributed by atoms with van der Waals surface area (Å²) >= 11 is 0. The standard InChI is InChI=1S/C25H30/c1-18-17-23(20(3)19(18)2)25(24(4,5)6,21-13-9-7-10-14-21)22-15-11-8-12-16-22/h7-16H,17H2,1-6H3. The monoisotopic (exact) mass is 330 g/mol. The minimum atomic E-state index is -0.126. The molecule has 0 amide bonds. The van der Waals surface area contributed by atoms with E-state index in [1.807, 2.05) is 0 Å². The molecule has 0 aromatic heterocycles. The van der Waals surface area contributed by atoms with Crippen molar-refractivity contribution in [2.24, 2.45) is 5.41 Å². The van der Waals surface area contributed by atoms with Crippen molar-refractivity contribution < 1.29 is 0 Å². The summed E-state index contributed by atoms with van der Waals surface area (Å²) in [6.45, 7) is 14.0. The topological polar surface area (TPSA) is 0 Å². The van der Waals surface area contributed by atoms with Gasteiger partial charge in [0.25, 0.3) is 0 Å². The summed E-state index contributed by atoms with van der Waals surface area (Å²) < 4.78 is 0. The van der Waals surface area contributed by atoms with Crippen LogP contribution in [0.5, 0.6) is 0 Å². The van der Waals surface area contributed by atoms with Gasteiger partial charge in [-0.2, -0.15) is 0 Å². The van der Waals surface area contributed by atoms with E-state index in [2.05, 4.69) is 102 Å². The van der Waals surface area contributed by atoms with Crippen LogP contribution in [0.1, 0.15) is 59.1 Å². The number of hydrogen-bond donors (Lipinski definition) is 0. The van der Waals surface area contributed by atoms with Crippen molar-refractivity contribution in [1.82, 2.24) is 0 Å². The van der Waals surface area contributed by atoms with Crippen LogP contribution in [-0.4, -0.2) is 0 Å². The fourth-order valence-electron chi connectivity index (χ4n) is 4.70. The Balaban J connectivity index is 2.41. The number of benzene rings is 2. The molecule has 0 unspecified atom stereocenters. The predicted octanol–water partition coefficient (Wildman–Crippen LogP) is 7.08. The molecule has 25 heavy (non-hydrogen) atoms. The lowest BCUT2D eigenvalue weighted by molar-refractivity contribution is 0.263. The molecule has 2 aromatic carbocycles. The fraction of sp³-hybridized carbons (Fsp3) is 0.360. The second-order valence-electron chi connectivity index (χ2n) is 8.42. The minimum absolute atomic E-state index is 0.0528. The lowest BCUT2D eigenvalue weighted by Gasteiger charge is -2.48. The second kappa shape index (κ2) is 6.33. The van der Waals surface area contributed by atoms with E-state index >= 15 is 0 Å². The van der Waals surface area contributed by atoms with E-state index in [4.69, 9.17) is 0 Å². The average Bonchev–Trinajstić information content (AvgIpc) is 2.84. The third-order valence-electron chi connectivity index (χ3n) is 6.09. The molecule has 0 saturated carbocycles. The normalized spacial score (nSPS) is 15.9. The maximum absolute atomic E-state index is 2.39. The predicted molar refractivity (Wildman–Crippen MR) is 109 cm³/mol. The van der Waals surface area contributed by atoms with Crippen LogP contribution in [0.3, 0.4) is 0 Å². The smallest absolute Gasteiger partial charge is 0.0468 e. The molecule has 0 atom stereocenters. The molecule has 0 N–H and O–H groups in total. The molecular weight excluding hydrogens is 300 g/mol. The summed E-state index contributed by atoms with van der Waals surface area (Å²) in [7, 11) is 0. The molecule has 0 spiro atoms. The average molecular weight is 331 g/mol. The zero-order chi connectivity index (χ0) is 18.2. The van der Waals surface area contributed by atoms with Gasteiger partial charge in [0.2, 0.25) is 0 Å². The van der Waals surface area contributed by atoms with E-state index in [1.165, 1.54) is 27.8 Å². The van der Waals surface area contributed by atoms with Crippen LogP contribution >= 0.6 is 0 Å². The van der Waals surface area contributed by atoms with Gasteiger partial charge in [0, 0.05) is 5.41 Å². The highest BCUT2D eigenvalue weighted by atomic mass is 14.5. The number of rotatable bonds is 3. The van der Waals surface area contributed by atoms with E-state index in [-0.39, 0.29) is 10.8 Å². The van der Waals surface area contributed by atoms with Gasteiger partial charge in [0.05, 0.1) is 0 Å². The molecule has 0 aliphatic heterocycles. The van der Waals surface area contributed by atoms with Gasteiger partial charge < -0.3 is 0 Å². The molecule has 130 valence electrons.